The molecule has 0 aliphatic carbocycles. The Hall–Kier alpha value is -3.18. The van der Waals surface area contributed by atoms with Crippen molar-refractivity contribution in [2.24, 2.45) is 0 Å². The van der Waals surface area contributed by atoms with Crippen LogP contribution in [0.25, 0.3) is 0 Å². The summed E-state index contributed by atoms with van der Waals surface area (Å²) in [6.45, 7) is 5.94. The predicted molar refractivity (Wildman–Crippen MR) is 120 cm³/mol. The molecule has 1 atom stereocenters. The zero-order chi connectivity index (χ0) is 20.8. The molecule has 1 N–H and O–H groups in total. The third-order valence-corrected chi connectivity index (χ3v) is 5.56. The second-order valence-electron chi connectivity index (χ2n) is 7.77. The number of hydrogen-bond acceptors (Lipinski definition) is 4. The van der Waals surface area contributed by atoms with E-state index in [9.17, 15) is 4.79 Å². The highest BCUT2D eigenvalue weighted by atomic mass is 16.2. The molecule has 0 spiro atoms. The molecule has 0 bridgehead atoms. The summed E-state index contributed by atoms with van der Waals surface area (Å²) >= 11 is 0. The van der Waals surface area contributed by atoms with Crippen LogP contribution in [0.2, 0.25) is 0 Å². The van der Waals surface area contributed by atoms with E-state index in [1.54, 1.807) is 0 Å². The van der Waals surface area contributed by atoms with E-state index in [4.69, 9.17) is 0 Å². The number of hydrogen-bond donors (Lipinski definition) is 1. The summed E-state index contributed by atoms with van der Waals surface area (Å²) in [4.78, 5) is 21.8. The summed E-state index contributed by atoms with van der Waals surface area (Å²) in [5.41, 5.74) is 3.40. The Morgan fingerprint density at radius 3 is 2.23 bits per heavy atom. The maximum absolute atomic E-state index is 12.9. The van der Waals surface area contributed by atoms with Gasteiger partial charge in [-0.25, -0.2) is 4.98 Å². The number of benzene rings is 2. The van der Waals surface area contributed by atoms with E-state index in [2.05, 4.69) is 63.4 Å². The molecule has 4 rings (SSSR count). The van der Waals surface area contributed by atoms with Crippen molar-refractivity contribution in [2.75, 3.05) is 37.6 Å². The SMILES string of the molecule is Cc1ccc(C(NC(=O)CN2CCN(c3ccccn3)CC2)c2ccccc2)cc1. The average molecular weight is 401 g/mol. The summed E-state index contributed by atoms with van der Waals surface area (Å²) in [6.07, 6.45) is 1.82. The van der Waals surface area contributed by atoms with Crippen molar-refractivity contribution in [3.8, 4) is 0 Å². The van der Waals surface area contributed by atoms with E-state index in [-0.39, 0.29) is 11.9 Å². The second-order valence-corrected chi connectivity index (χ2v) is 7.77. The molecule has 5 nitrogen and oxygen atoms in total. The van der Waals surface area contributed by atoms with Crippen LogP contribution < -0.4 is 10.2 Å². The second kappa shape index (κ2) is 9.55. The Labute approximate surface area is 178 Å². The first kappa shape index (κ1) is 20.1. The third kappa shape index (κ3) is 5.05. The van der Waals surface area contributed by atoms with Crippen molar-refractivity contribution in [1.82, 2.24) is 15.2 Å². The molecule has 154 valence electrons. The number of aromatic nitrogens is 1. The molecule has 2 heterocycles. The lowest BCUT2D eigenvalue weighted by Crippen LogP contribution is -2.50. The van der Waals surface area contributed by atoms with Gasteiger partial charge in [0.25, 0.3) is 0 Å². The Morgan fingerprint density at radius 2 is 1.57 bits per heavy atom. The van der Waals surface area contributed by atoms with Crippen molar-refractivity contribution in [3.05, 3.63) is 95.7 Å². The van der Waals surface area contributed by atoms with Crippen LogP contribution in [-0.2, 0) is 4.79 Å². The summed E-state index contributed by atoms with van der Waals surface area (Å²) in [7, 11) is 0. The molecule has 30 heavy (non-hydrogen) atoms. The lowest BCUT2D eigenvalue weighted by atomic mass is 9.98. The van der Waals surface area contributed by atoms with Gasteiger partial charge in [-0.05, 0) is 30.2 Å². The molecule has 0 saturated carbocycles. The van der Waals surface area contributed by atoms with E-state index in [0.717, 1.165) is 43.1 Å². The van der Waals surface area contributed by atoms with Gasteiger partial charge in [0.1, 0.15) is 5.82 Å². The summed E-state index contributed by atoms with van der Waals surface area (Å²) in [6, 6.07) is 24.4. The average Bonchev–Trinajstić information content (AvgIpc) is 2.80. The highest BCUT2D eigenvalue weighted by Crippen LogP contribution is 2.22. The Balaban J connectivity index is 1.38. The maximum atomic E-state index is 12.9. The standard InChI is InChI=1S/C25H28N4O/c1-20-10-12-22(13-11-20)25(21-7-3-2-4-8-21)27-24(30)19-28-15-17-29(18-16-28)23-9-5-6-14-26-23/h2-14,25H,15-19H2,1H3,(H,27,30). The van der Waals surface area contributed by atoms with E-state index in [1.807, 2.05) is 42.6 Å². The van der Waals surface area contributed by atoms with E-state index in [1.165, 1.54) is 5.56 Å². The van der Waals surface area contributed by atoms with Gasteiger partial charge in [-0.3, -0.25) is 9.69 Å². The molecule has 0 radical (unpaired) electrons. The van der Waals surface area contributed by atoms with E-state index in [0.29, 0.717) is 6.54 Å². The molecular formula is C25H28N4O. The van der Waals surface area contributed by atoms with Crippen LogP contribution in [0.5, 0.6) is 0 Å². The van der Waals surface area contributed by atoms with Gasteiger partial charge in [0.05, 0.1) is 12.6 Å². The molecule has 5 heteroatoms. The van der Waals surface area contributed by atoms with Gasteiger partial charge in [0.2, 0.25) is 5.91 Å². The van der Waals surface area contributed by atoms with Gasteiger partial charge in [-0.15, -0.1) is 0 Å². The number of nitrogens with one attached hydrogen (secondary N) is 1. The van der Waals surface area contributed by atoms with Crippen molar-refractivity contribution < 1.29 is 4.79 Å². The first-order valence-electron chi connectivity index (χ1n) is 10.5. The van der Waals surface area contributed by atoms with Crippen LogP contribution >= 0.6 is 0 Å². The molecule has 1 unspecified atom stereocenters. The normalized spacial score (nSPS) is 15.6. The van der Waals surface area contributed by atoms with Crippen LogP contribution in [0.1, 0.15) is 22.7 Å². The predicted octanol–water partition coefficient (Wildman–Crippen LogP) is 3.42. The zero-order valence-corrected chi connectivity index (χ0v) is 17.4. The number of carbonyl (C=O) groups is 1. The topological polar surface area (TPSA) is 48.5 Å². The number of aryl methyl sites for hydroxylation is 1. The Kier molecular flexibility index (Phi) is 6.40. The lowest BCUT2D eigenvalue weighted by molar-refractivity contribution is -0.122. The molecule has 1 fully saturated rings. The Bertz CT molecular complexity index is 936. The van der Waals surface area contributed by atoms with Crippen molar-refractivity contribution in [3.63, 3.8) is 0 Å². The van der Waals surface area contributed by atoms with Crippen LogP contribution in [0, 0.1) is 6.92 Å². The first-order valence-corrected chi connectivity index (χ1v) is 10.5. The molecule has 1 aliphatic heterocycles. The summed E-state index contributed by atoms with van der Waals surface area (Å²) < 4.78 is 0. The molecule has 1 saturated heterocycles. The van der Waals surface area contributed by atoms with E-state index < -0.39 is 0 Å². The van der Waals surface area contributed by atoms with Crippen LogP contribution in [0.3, 0.4) is 0 Å². The number of piperazine rings is 1. The number of nitrogens with zero attached hydrogens (tertiary/aromatic N) is 3. The fourth-order valence-corrected chi connectivity index (χ4v) is 3.85. The molecule has 1 amide bonds. The van der Waals surface area contributed by atoms with Gasteiger partial charge < -0.3 is 10.2 Å². The van der Waals surface area contributed by atoms with Crippen molar-refractivity contribution in [2.45, 2.75) is 13.0 Å². The van der Waals surface area contributed by atoms with Crippen LogP contribution in [0.15, 0.2) is 79.0 Å². The van der Waals surface area contributed by atoms with E-state index >= 15 is 0 Å². The monoisotopic (exact) mass is 400 g/mol. The summed E-state index contributed by atoms with van der Waals surface area (Å²) in [5, 5.41) is 3.25. The zero-order valence-electron chi connectivity index (χ0n) is 17.4. The number of pyridine rings is 1. The molecule has 2 aromatic carbocycles. The number of rotatable bonds is 6. The minimum absolute atomic E-state index is 0.0516. The minimum Gasteiger partial charge on any atom is -0.354 e. The van der Waals surface area contributed by atoms with Gasteiger partial charge in [0.15, 0.2) is 0 Å². The quantitative estimate of drug-likeness (QED) is 0.689. The van der Waals surface area contributed by atoms with Crippen molar-refractivity contribution >= 4 is 11.7 Å². The fraction of sp³-hybridized carbons (Fsp3) is 0.280. The highest BCUT2D eigenvalue weighted by Gasteiger charge is 2.22. The minimum atomic E-state index is -0.144. The highest BCUT2D eigenvalue weighted by molar-refractivity contribution is 5.79. The van der Waals surface area contributed by atoms with Gasteiger partial charge in [-0.2, -0.15) is 0 Å². The van der Waals surface area contributed by atoms with Crippen LogP contribution in [0.4, 0.5) is 5.82 Å². The van der Waals surface area contributed by atoms with Crippen molar-refractivity contribution in [1.29, 1.82) is 0 Å². The molecule has 1 aliphatic rings. The third-order valence-electron chi connectivity index (χ3n) is 5.56. The van der Waals surface area contributed by atoms with Crippen LogP contribution in [-0.4, -0.2) is 48.5 Å². The number of amides is 1. The summed E-state index contributed by atoms with van der Waals surface area (Å²) in [5.74, 6) is 1.06. The number of carbonyl (C=O) groups excluding carboxylic acids is 1. The largest absolute Gasteiger partial charge is 0.354 e. The molecule has 1 aromatic heterocycles. The van der Waals surface area contributed by atoms with Gasteiger partial charge >= 0.3 is 0 Å². The first-order chi connectivity index (χ1) is 14.7. The molecule has 3 aromatic rings. The fourth-order valence-electron chi connectivity index (χ4n) is 3.85. The lowest BCUT2D eigenvalue weighted by Gasteiger charge is -2.35. The smallest absolute Gasteiger partial charge is 0.234 e. The van der Waals surface area contributed by atoms with Gasteiger partial charge in [-0.1, -0.05) is 66.2 Å². The number of anilines is 1. The Morgan fingerprint density at radius 1 is 0.900 bits per heavy atom. The van der Waals surface area contributed by atoms with Gasteiger partial charge in [0, 0.05) is 32.4 Å². The maximum Gasteiger partial charge on any atom is 0.234 e. The molecular weight excluding hydrogens is 372 g/mol.